The SMILES string of the molecule is CCCCCCCCCCCCCC(=O)N[C@@H](CCN)C(=O)N(C)[C@@H]1C(=O)N[C@@H](C)C(=O)N[C@H](C(=O)NCC#N)Cc2ccc(OCC(=O)OC(C)(C)C)c(c2)-c2cc1ccc2OCCN. The lowest BCUT2D eigenvalue weighted by molar-refractivity contribution is -0.157. The summed E-state index contributed by atoms with van der Waals surface area (Å²) in [5.74, 6) is -3.08. The van der Waals surface area contributed by atoms with Gasteiger partial charge in [0.25, 0.3) is 0 Å². The van der Waals surface area contributed by atoms with Crippen LogP contribution in [0.4, 0.5) is 0 Å². The summed E-state index contributed by atoms with van der Waals surface area (Å²) in [4.78, 5) is 83.4. The molecule has 0 saturated carbocycles. The van der Waals surface area contributed by atoms with Crippen LogP contribution < -0.4 is 42.2 Å². The lowest BCUT2D eigenvalue weighted by Gasteiger charge is -2.32. The number of hydrogen-bond donors (Lipinski definition) is 6. The van der Waals surface area contributed by atoms with Gasteiger partial charge >= 0.3 is 5.97 Å². The molecule has 0 spiro atoms. The monoisotopic (exact) mass is 919 g/mol. The molecule has 4 atom stereocenters. The van der Waals surface area contributed by atoms with Crippen LogP contribution in [0.2, 0.25) is 0 Å². The molecule has 364 valence electrons. The maximum Gasteiger partial charge on any atom is 0.344 e. The van der Waals surface area contributed by atoms with Gasteiger partial charge in [-0.2, -0.15) is 5.26 Å². The molecule has 4 bridgehead atoms. The first-order valence-corrected chi connectivity index (χ1v) is 23.5. The number of benzene rings is 2. The average molecular weight is 919 g/mol. The van der Waals surface area contributed by atoms with Gasteiger partial charge in [-0.05, 0) is 82.5 Å². The van der Waals surface area contributed by atoms with Crippen LogP contribution in [0, 0.1) is 11.3 Å². The van der Waals surface area contributed by atoms with Gasteiger partial charge in [0.1, 0.15) is 54.4 Å². The van der Waals surface area contributed by atoms with Crippen molar-refractivity contribution >= 4 is 35.5 Å². The van der Waals surface area contributed by atoms with E-state index in [1.165, 1.54) is 63.8 Å². The Morgan fingerprint density at radius 2 is 1.48 bits per heavy atom. The van der Waals surface area contributed by atoms with E-state index in [-0.39, 0.29) is 57.2 Å². The maximum atomic E-state index is 14.5. The maximum absolute atomic E-state index is 14.5. The second kappa shape index (κ2) is 28.3. The predicted octanol–water partition coefficient (Wildman–Crippen LogP) is 4.63. The van der Waals surface area contributed by atoms with Gasteiger partial charge in [-0.25, -0.2) is 4.79 Å². The Bertz CT molecular complexity index is 1960. The number of esters is 1. The Balaban J connectivity index is 2.05. The zero-order chi connectivity index (χ0) is 48.6. The van der Waals surface area contributed by atoms with Gasteiger partial charge in [-0.3, -0.25) is 24.0 Å². The highest BCUT2D eigenvalue weighted by molar-refractivity contribution is 5.96. The number of nitrogens with one attached hydrogen (secondary N) is 4. The first-order chi connectivity index (χ1) is 31.5. The van der Waals surface area contributed by atoms with Crippen LogP contribution in [0.25, 0.3) is 11.1 Å². The van der Waals surface area contributed by atoms with Gasteiger partial charge in [0, 0.05) is 37.6 Å². The van der Waals surface area contributed by atoms with E-state index < -0.39 is 66.0 Å². The molecule has 8 N–H and O–H groups in total. The fraction of sp³-hybridized carbons (Fsp3) is 0.612. The second-order valence-electron chi connectivity index (χ2n) is 17.8. The summed E-state index contributed by atoms with van der Waals surface area (Å²) < 4.78 is 17.7. The molecule has 3 rings (SSSR count). The highest BCUT2D eigenvalue weighted by atomic mass is 16.6. The summed E-state index contributed by atoms with van der Waals surface area (Å²) in [5, 5.41) is 19.9. The van der Waals surface area contributed by atoms with E-state index in [0.717, 1.165) is 19.3 Å². The molecule has 1 heterocycles. The molecule has 0 aromatic heterocycles. The number of carbonyl (C=O) groups is 6. The zero-order valence-electron chi connectivity index (χ0n) is 39.9. The third-order valence-electron chi connectivity index (χ3n) is 11.0. The molecule has 0 unspecified atom stereocenters. The Morgan fingerprint density at radius 1 is 0.864 bits per heavy atom. The number of nitrogens with zero attached hydrogens (tertiary/aromatic N) is 2. The predicted molar refractivity (Wildman–Crippen MR) is 252 cm³/mol. The topological polar surface area (TPSA) is 257 Å². The van der Waals surface area contributed by atoms with Gasteiger partial charge in [0.2, 0.25) is 29.5 Å². The Labute approximate surface area is 390 Å². The highest BCUT2D eigenvalue weighted by Gasteiger charge is 2.36. The fourth-order valence-corrected chi connectivity index (χ4v) is 7.68. The third kappa shape index (κ3) is 18.3. The molecule has 17 heteroatoms. The van der Waals surface area contributed by atoms with Gasteiger partial charge in [0.05, 0.1) is 6.07 Å². The summed E-state index contributed by atoms with van der Waals surface area (Å²) in [6.07, 6.45) is 12.7. The fourth-order valence-electron chi connectivity index (χ4n) is 7.68. The molecule has 0 fully saturated rings. The van der Waals surface area contributed by atoms with Crippen molar-refractivity contribution < 1.29 is 43.0 Å². The smallest absolute Gasteiger partial charge is 0.344 e. The molecule has 0 aliphatic carbocycles. The molecular formula is C49H74N8O9. The third-order valence-corrected chi connectivity index (χ3v) is 11.0. The van der Waals surface area contributed by atoms with E-state index in [4.69, 9.17) is 25.7 Å². The molecule has 17 nitrogen and oxygen atoms in total. The Morgan fingerprint density at radius 3 is 2.11 bits per heavy atom. The number of amides is 5. The van der Waals surface area contributed by atoms with Crippen molar-refractivity contribution in [2.24, 2.45) is 11.5 Å². The van der Waals surface area contributed by atoms with Crippen LogP contribution in [-0.2, 0) is 39.9 Å². The summed E-state index contributed by atoms with van der Waals surface area (Å²) >= 11 is 0. The van der Waals surface area contributed by atoms with Crippen molar-refractivity contribution in [1.29, 1.82) is 5.26 Å². The minimum atomic E-state index is -1.38. The van der Waals surface area contributed by atoms with Crippen molar-refractivity contribution in [1.82, 2.24) is 26.2 Å². The number of fused-ring (bicyclic) bond motifs is 5. The Hall–Kier alpha value is -5.73. The van der Waals surface area contributed by atoms with Crippen LogP contribution >= 0.6 is 0 Å². The first kappa shape index (κ1) is 54.6. The lowest BCUT2D eigenvalue weighted by atomic mass is 9.93. The second-order valence-corrected chi connectivity index (χ2v) is 17.8. The van der Waals surface area contributed by atoms with E-state index in [0.29, 0.717) is 34.4 Å². The molecule has 2 aromatic rings. The van der Waals surface area contributed by atoms with E-state index in [2.05, 4.69) is 28.2 Å². The van der Waals surface area contributed by atoms with Crippen LogP contribution in [0.3, 0.4) is 0 Å². The van der Waals surface area contributed by atoms with Crippen molar-refractivity contribution in [3.8, 4) is 28.7 Å². The summed E-state index contributed by atoms with van der Waals surface area (Å²) in [6, 6.07) is 6.88. The number of carbonyl (C=O) groups excluding carboxylic acids is 6. The quantitative estimate of drug-likeness (QED) is 0.0453. The van der Waals surface area contributed by atoms with Gasteiger partial charge in [-0.1, -0.05) is 83.3 Å². The zero-order valence-corrected chi connectivity index (χ0v) is 39.9. The van der Waals surface area contributed by atoms with Crippen molar-refractivity contribution in [2.45, 2.75) is 154 Å². The standard InChI is InChI=1S/C49H74N8O9/c1-7-8-9-10-11-12-13-14-15-16-17-18-42(58)55-38(23-24-50)48(63)57(6)44-35-20-22-40(64-28-26-52)37(31-35)36-29-34(19-21-41(36)65-32-43(59)66-49(3,4)5)30-39(46(61)53-27-25-51)56-45(60)33(2)54-47(44)62/h19-22,29,31,33,38-39,44H,7-18,23-24,26-28,30,32,50,52H2,1-6H3,(H,53,61)(H,54,62)(H,55,58)(H,56,60)/t33-,38-,39-,44-/m0/s1. The number of nitriles is 1. The van der Waals surface area contributed by atoms with Crippen molar-refractivity contribution in [3.63, 3.8) is 0 Å². The van der Waals surface area contributed by atoms with E-state index in [9.17, 15) is 34.0 Å². The van der Waals surface area contributed by atoms with Crippen LogP contribution in [0.1, 0.15) is 135 Å². The minimum Gasteiger partial charge on any atom is -0.492 e. The summed E-state index contributed by atoms with van der Waals surface area (Å²) in [6.45, 7) is 8.40. The Kier molecular flexibility index (Phi) is 23.4. The van der Waals surface area contributed by atoms with E-state index in [1.54, 1.807) is 57.2 Å². The normalized spacial score (nSPS) is 16.6. The summed E-state index contributed by atoms with van der Waals surface area (Å²) in [7, 11) is 1.43. The van der Waals surface area contributed by atoms with Crippen LogP contribution in [0.5, 0.6) is 11.5 Å². The van der Waals surface area contributed by atoms with E-state index >= 15 is 0 Å². The molecule has 0 saturated heterocycles. The van der Waals surface area contributed by atoms with Gasteiger partial charge in [0.15, 0.2) is 6.61 Å². The van der Waals surface area contributed by atoms with Crippen LogP contribution in [0.15, 0.2) is 36.4 Å². The van der Waals surface area contributed by atoms with Gasteiger partial charge < -0.3 is 51.8 Å². The average Bonchev–Trinajstić information content (AvgIpc) is 3.27. The molecule has 2 aromatic carbocycles. The largest absolute Gasteiger partial charge is 0.492 e. The minimum absolute atomic E-state index is 0.0466. The molecule has 1 aliphatic rings. The van der Waals surface area contributed by atoms with Gasteiger partial charge in [-0.15, -0.1) is 0 Å². The molecule has 5 amide bonds. The van der Waals surface area contributed by atoms with Crippen LogP contribution in [-0.4, -0.2) is 104 Å². The molecule has 1 aliphatic heterocycles. The molecule has 66 heavy (non-hydrogen) atoms. The number of unbranched alkanes of at least 4 members (excludes halogenated alkanes) is 10. The summed E-state index contributed by atoms with van der Waals surface area (Å²) in [5.41, 5.74) is 12.7. The highest BCUT2D eigenvalue weighted by Crippen LogP contribution is 2.40. The molecule has 0 radical (unpaired) electrons. The number of hydrogen-bond acceptors (Lipinski definition) is 12. The number of ether oxygens (including phenoxy) is 3. The molecular weight excluding hydrogens is 845 g/mol. The van der Waals surface area contributed by atoms with Crippen molar-refractivity contribution in [2.75, 3.05) is 39.9 Å². The van der Waals surface area contributed by atoms with Crippen molar-refractivity contribution in [3.05, 3.63) is 47.5 Å². The van der Waals surface area contributed by atoms with E-state index in [1.807, 2.05) is 6.07 Å². The number of nitrogens with two attached hydrogens (primary N) is 2. The first-order valence-electron chi connectivity index (χ1n) is 23.5. The number of rotatable bonds is 25. The lowest BCUT2D eigenvalue weighted by Crippen LogP contribution is -2.56. The number of likely N-dealkylation sites (N-methyl/N-ethyl adjacent to an activating group) is 1.